The van der Waals surface area contributed by atoms with E-state index < -0.39 is 0 Å². The number of fused-ring (bicyclic) bond motifs is 1. The fourth-order valence-corrected chi connectivity index (χ4v) is 3.82. The average molecular weight is 342 g/mol. The summed E-state index contributed by atoms with van der Waals surface area (Å²) in [4.78, 5) is 13.3. The average Bonchev–Trinajstić information content (AvgIpc) is 3.02. The Kier molecular flexibility index (Phi) is 6.08. The molecular formula is C20H30N4O. The van der Waals surface area contributed by atoms with Crippen molar-refractivity contribution in [1.82, 2.24) is 14.9 Å². The lowest BCUT2D eigenvalue weighted by molar-refractivity contribution is 0.131. The summed E-state index contributed by atoms with van der Waals surface area (Å²) in [5, 5.41) is 0. The Morgan fingerprint density at radius 1 is 1.28 bits per heavy atom. The van der Waals surface area contributed by atoms with Gasteiger partial charge in [-0.15, -0.1) is 6.58 Å². The second kappa shape index (κ2) is 8.48. The molecule has 3 atom stereocenters. The second-order valence-electron chi connectivity index (χ2n) is 7.40. The number of ether oxygens (including phenoxy) is 1. The summed E-state index contributed by atoms with van der Waals surface area (Å²) in [7, 11) is 3.92. The monoisotopic (exact) mass is 342 g/mol. The summed E-state index contributed by atoms with van der Waals surface area (Å²) in [5.74, 6) is 3.07. The zero-order valence-electron chi connectivity index (χ0n) is 15.5. The fraction of sp³-hybridized carbons (Fsp3) is 0.600. The summed E-state index contributed by atoms with van der Waals surface area (Å²) < 4.78 is 6.22. The third-order valence-electron chi connectivity index (χ3n) is 5.20. The SMILES string of the molecule is C=CCC[C@@H](CN1C[C@H]2CC=CC[C@H]2C1)Oc1cncc(N(C)C)n1. The molecule has 0 aromatic carbocycles. The van der Waals surface area contributed by atoms with Crippen molar-refractivity contribution in [2.75, 3.05) is 38.6 Å². The number of likely N-dealkylation sites (tertiary alicyclic amines) is 1. The summed E-state index contributed by atoms with van der Waals surface area (Å²) in [6.07, 6.45) is 14.6. The molecule has 0 radical (unpaired) electrons. The van der Waals surface area contributed by atoms with Crippen molar-refractivity contribution in [1.29, 1.82) is 0 Å². The molecule has 0 bridgehead atoms. The van der Waals surface area contributed by atoms with Crippen LogP contribution in [0.15, 0.2) is 37.2 Å². The van der Waals surface area contributed by atoms with Crippen LogP contribution in [-0.2, 0) is 0 Å². The van der Waals surface area contributed by atoms with E-state index in [1.165, 1.54) is 25.9 Å². The van der Waals surface area contributed by atoms with Gasteiger partial charge in [-0.2, -0.15) is 4.98 Å². The van der Waals surface area contributed by atoms with E-state index in [1.54, 1.807) is 12.4 Å². The van der Waals surface area contributed by atoms with Gasteiger partial charge in [0.2, 0.25) is 5.88 Å². The Balaban J connectivity index is 1.61. The topological polar surface area (TPSA) is 41.5 Å². The number of hydrogen-bond acceptors (Lipinski definition) is 5. The zero-order chi connectivity index (χ0) is 17.6. The van der Waals surface area contributed by atoms with Crippen LogP contribution in [0.25, 0.3) is 0 Å². The maximum absolute atomic E-state index is 6.22. The summed E-state index contributed by atoms with van der Waals surface area (Å²) in [6.45, 7) is 7.18. The van der Waals surface area contributed by atoms with E-state index in [0.29, 0.717) is 5.88 Å². The molecule has 136 valence electrons. The summed E-state index contributed by atoms with van der Waals surface area (Å²) >= 11 is 0. The predicted molar refractivity (Wildman–Crippen MR) is 102 cm³/mol. The molecule has 1 aliphatic carbocycles. The van der Waals surface area contributed by atoms with Crippen molar-refractivity contribution in [3.05, 3.63) is 37.2 Å². The molecule has 2 aliphatic rings. The van der Waals surface area contributed by atoms with Gasteiger partial charge < -0.3 is 9.64 Å². The first-order valence-electron chi connectivity index (χ1n) is 9.30. The van der Waals surface area contributed by atoms with Crippen LogP contribution in [0.1, 0.15) is 25.7 Å². The third-order valence-corrected chi connectivity index (χ3v) is 5.20. The van der Waals surface area contributed by atoms with Crippen LogP contribution in [0.5, 0.6) is 5.88 Å². The number of hydrogen-bond donors (Lipinski definition) is 0. The molecule has 0 spiro atoms. The molecule has 0 unspecified atom stereocenters. The zero-order valence-corrected chi connectivity index (χ0v) is 15.5. The molecule has 5 heteroatoms. The molecular weight excluding hydrogens is 312 g/mol. The van der Waals surface area contributed by atoms with Crippen LogP contribution >= 0.6 is 0 Å². The summed E-state index contributed by atoms with van der Waals surface area (Å²) in [5.41, 5.74) is 0. The molecule has 1 saturated heterocycles. The van der Waals surface area contributed by atoms with Crippen molar-refractivity contribution in [2.24, 2.45) is 11.8 Å². The van der Waals surface area contributed by atoms with Gasteiger partial charge in [-0.05, 0) is 37.5 Å². The lowest BCUT2D eigenvalue weighted by atomic mass is 9.86. The Morgan fingerprint density at radius 2 is 2.00 bits per heavy atom. The van der Waals surface area contributed by atoms with Gasteiger partial charge in [0.1, 0.15) is 6.10 Å². The van der Waals surface area contributed by atoms with Crippen LogP contribution in [0.4, 0.5) is 5.82 Å². The molecule has 2 heterocycles. The van der Waals surface area contributed by atoms with E-state index in [2.05, 4.69) is 33.6 Å². The smallest absolute Gasteiger partial charge is 0.234 e. The lowest BCUT2D eigenvalue weighted by Crippen LogP contribution is -2.34. The normalized spacial score (nSPS) is 23.9. The van der Waals surface area contributed by atoms with E-state index in [-0.39, 0.29) is 6.10 Å². The first-order chi connectivity index (χ1) is 12.2. The van der Waals surface area contributed by atoms with E-state index in [0.717, 1.165) is 37.0 Å². The Labute approximate surface area is 151 Å². The first-order valence-corrected chi connectivity index (χ1v) is 9.30. The van der Waals surface area contributed by atoms with Gasteiger partial charge in [0.25, 0.3) is 0 Å². The third kappa shape index (κ3) is 4.82. The van der Waals surface area contributed by atoms with Gasteiger partial charge in [-0.1, -0.05) is 18.2 Å². The molecule has 0 amide bonds. The Morgan fingerprint density at radius 3 is 2.64 bits per heavy atom. The minimum Gasteiger partial charge on any atom is -0.472 e. The van der Waals surface area contributed by atoms with Gasteiger partial charge in [0, 0.05) is 33.7 Å². The highest BCUT2D eigenvalue weighted by Gasteiger charge is 2.33. The van der Waals surface area contributed by atoms with E-state index >= 15 is 0 Å². The van der Waals surface area contributed by atoms with Gasteiger partial charge in [0.05, 0.1) is 12.4 Å². The van der Waals surface area contributed by atoms with E-state index in [9.17, 15) is 0 Å². The molecule has 0 N–H and O–H groups in total. The number of allylic oxidation sites excluding steroid dienone is 3. The highest BCUT2D eigenvalue weighted by molar-refractivity contribution is 5.35. The van der Waals surface area contributed by atoms with Gasteiger partial charge in [-0.25, -0.2) is 0 Å². The second-order valence-corrected chi connectivity index (χ2v) is 7.40. The predicted octanol–water partition coefficient (Wildman–Crippen LogP) is 3.15. The maximum atomic E-state index is 6.22. The highest BCUT2D eigenvalue weighted by Crippen LogP contribution is 2.33. The van der Waals surface area contributed by atoms with Crippen LogP contribution in [0, 0.1) is 11.8 Å². The Hall–Kier alpha value is -1.88. The van der Waals surface area contributed by atoms with Gasteiger partial charge >= 0.3 is 0 Å². The van der Waals surface area contributed by atoms with Crippen molar-refractivity contribution in [3.8, 4) is 5.88 Å². The molecule has 5 nitrogen and oxygen atoms in total. The molecule has 1 aromatic rings. The van der Waals surface area contributed by atoms with Crippen LogP contribution in [-0.4, -0.2) is 54.7 Å². The van der Waals surface area contributed by atoms with Crippen molar-refractivity contribution >= 4 is 5.82 Å². The van der Waals surface area contributed by atoms with E-state index in [4.69, 9.17) is 4.74 Å². The van der Waals surface area contributed by atoms with Crippen molar-refractivity contribution in [3.63, 3.8) is 0 Å². The first kappa shape index (κ1) is 17.9. The Bertz CT molecular complexity index is 585. The number of anilines is 1. The van der Waals surface area contributed by atoms with Crippen LogP contribution in [0.2, 0.25) is 0 Å². The van der Waals surface area contributed by atoms with Crippen LogP contribution < -0.4 is 9.64 Å². The molecule has 3 rings (SSSR count). The molecule has 1 aromatic heterocycles. The molecule has 25 heavy (non-hydrogen) atoms. The van der Waals surface area contributed by atoms with Crippen LogP contribution in [0.3, 0.4) is 0 Å². The minimum absolute atomic E-state index is 0.123. The van der Waals surface area contributed by atoms with Gasteiger partial charge in [0.15, 0.2) is 5.82 Å². The standard InChI is InChI=1S/C20H30N4O/c1-4-5-10-18(25-20-12-21-11-19(22-20)23(2)3)15-24-13-16-8-6-7-9-17(16)14-24/h4,6-7,11-12,16-18H,1,5,8-10,13-15H2,2-3H3/t16-,17+,18-/m0/s1. The summed E-state index contributed by atoms with van der Waals surface area (Å²) in [6, 6.07) is 0. The number of nitrogens with zero attached hydrogens (tertiary/aromatic N) is 4. The molecule has 1 fully saturated rings. The lowest BCUT2D eigenvalue weighted by Gasteiger charge is -2.24. The fourth-order valence-electron chi connectivity index (χ4n) is 3.82. The molecule has 0 saturated carbocycles. The van der Waals surface area contributed by atoms with E-state index in [1.807, 2.05) is 25.1 Å². The van der Waals surface area contributed by atoms with Crippen molar-refractivity contribution in [2.45, 2.75) is 31.8 Å². The number of rotatable bonds is 8. The van der Waals surface area contributed by atoms with Gasteiger partial charge in [-0.3, -0.25) is 9.88 Å². The maximum Gasteiger partial charge on any atom is 0.234 e. The number of aromatic nitrogens is 2. The van der Waals surface area contributed by atoms with Crippen molar-refractivity contribution < 1.29 is 4.74 Å². The minimum atomic E-state index is 0.123. The highest BCUT2D eigenvalue weighted by atomic mass is 16.5. The molecule has 1 aliphatic heterocycles. The quantitative estimate of drug-likeness (QED) is 0.679. The largest absolute Gasteiger partial charge is 0.472 e.